The number of ether oxygens (including phenoxy) is 1. The van der Waals surface area contributed by atoms with E-state index in [2.05, 4.69) is 15.0 Å². The van der Waals surface area contributed by atoms with Crippen molar-refractivity contribution in [2.45, 2.75) is 36.9 Å². The van der Waals surface area contributed by atoms with Crippen molar-refractivity contribution < 1.29 is 4.74 Å². The minimum absolute atomic E-state index is 0.156. The molecule has 0 fully saturated rings. The van der Waals surface area contributed by atoms with Gasteiger partial charge < -0.3 is 15.5 Å². The number of nitrogens with one attached hydrogen (secondary N) is 1. The van der Waals surface area contributed by atoms with Gasteiger partial charge in [-0.05, 0) is 37.2 Å². The number of aromatic amines is 1. The number of hydrogen-bond acceptors (Lipinski definition) is 6. The molecule has 0 aliphatic rings. The minimum atomic E-state index is -0.156. The summed E-state index contributed by atoms with van der Waals surface area (Å²) in [5, 5.41) is 1.19. The molecule has 0 aliphatic carbocycles. The highest BCUT2D eigenvalue weighted by Gasteiger charge is 2.08. The largest absolute Gasteiger partial charge is 0.476 e. The number of anilines is 1. The molecule has 0 atom stereocenters. The molecule has 21 heavy (non-hydrogen) atoms. The molecule has 0 radical (unpaired) electrons. The van der Waals surface area contributed by atoms with E-state index in [1.165, 1.54) is 17.8 Å². The van der Waals surface area contributed by atoms with Gasteiger partial charge in [0.2, 0.25) is 5.88 Å². The van der Waals surface area contributed by atoms with Crippen LogP contribution in [0.3, 0.4) is 0 Å². The van der Waals surface area contributed by atoms with E-state index < -0.39 is 0 Å². The Kier molecular flexibility index (Phi) is 5.21. The van der Waals surface area contributed by atoms with Crippen LogP contribution < -0.4 is 16.0 Å². The SMILES string of the molecule is CCCc1cc(=O)[nH]c(Sc2ccc(N)c(OCC)n2)n1. The highest BCUT2D eigenvalue weighted by atomic mass is 32.2. The first-order valence-corrected chi connectivity index (χ1v) is 7.61. The summed E-state index contributed by atoms with van der Waals surface area (Å²) in [6.45, 7) is 4.41. The third kappa shape index (κ3) is 4.22. The number of nitrogen functional groups attached to an aromatic ring is 1. The lowest BCUT2D eigenvalue weighted by Crippen LogP contribution is -2.10. The second-order valence-electron chi connectivity index (χ2n) is 4.37. The Bertz CT molecular complexity index is 672. The molecule has 6 nitrogen and oxygen atoms in total. The minimum Gasteiger partial charge on any atom is -0.476 e. The molecule has 0 amide bonds. The summed E-state index contributed by atoms with van der Waals surface area (Å²) < 4.78 is 5.36. The Balaban J connectivity index is 2.25. The lowest BCUT2D eigenvalue weighted by Gasteiger charge is -2.07. The molecule has 0 aliphatic heterocycles. The molecule has 0 saturated carbocycles. The summed E-state index contributed by atoms with van der Waals surface area (Å²) >= 11 is 1.28. The Morgan fingerprint density at radius 3 is 2.86 bits per heavy atom. The molecule has 0 spiro atoms. The van der Waals surface area contributed by atoms with Gasteiger partial charge in [-0.1, -0.05) is 13.3 Å². The van der Waals surface area contributed by atoms with Gasteiger partial charge in [-0.3, -0.25) is 4.79 Å². The molecule has 7 heteroatoms. The van der Waals surface area contributed by atoms with Crippen LogP contribution in [0.5, 0.6) is 5.88 Å². The van der Waals surface area contributed by atoms with Gasteiger partial charge in [0.15, 0.2) is 5.16 Å². The monoisotopic (exact) mass is 306 g/mol. The quantitative estimate of drug-likeness (QED) is 0.795. The van der Waals surface area contributed by atoms with Crippen LogP contribution in [-0.2, 0) is 6.42 Å². The van der Waals surface area contributed by atoms with Crippen molar-refractivity contribution in [3.05, 3.63) is 34.2 Å². The predicted molar refractivity (Wildman–Crippen MR) is 82.8 cm³/mol. The van der Waals surface area contributed by atoms with Crippen LogP contribution in [-0.4, -0.2) is 21.6 Å². The van der Waals surface area contributed by atoms with E-state index in [1.807, 2.05) is 13.8 Å². The summed E-state index contributed by atoms with van der Waals surface area (Å²) in [5.41, 5.74) is 6.90. The summed E-state index contributed by atoms with van der Waals surface area (Å²) in [4.78, 5) is 23.1. The molecular weight excluding hydrogens is 288 g/mol. The van der Waals surface area contributed by atoms with Crippen molar-refractivity contribution in [2.24, 2.45) is 0 Å². The van der Waals surface area contributed by atoms with Crippen molar-refractivity contribution >= 4 is 17.4 Å². The molecule has 2 aromatic rings. The second-order valence-corrected chi connectivity index (χ2v) is 5.38. The van der Waals surface area contributed by atoms with E-state index in [0.29, 0.717) is 28.4 Å². The lowest BCUT2D eigenvalue weighted by atomic mass is 10.2. The fourth-order valence-electron chi connectivity index (χ4n) is 1.76. The molecule has 0 aromatic carbocycles. The summed E-state index contributed by atoms with van der Waals surface area (Å²) in [6.07, 6.45) is 1.71. The normalized spacial score (nSPS) is 10.6. The van der Waals surface area contributed by atoms with E-state index in [1.54, 1.807) is 12.1 Å². The molecule has 0 saturated heterocycles. The Morgan fingerprint density at radius 2 is 2.14 bits per heavy atom. The second kappa shape index (κ2) is 7.12. The van der Waals surface area contributed by atoms with Crippen LogP contribution in [0, 0.1) is 0 Å². The first kappa shape index (κ1) is 15.4. The lowest BCUT2D eigenvalue weighted by molar-refractivity contribution is 0.326. The van der Waals surface area contributed by atoms with Gasteiger partial charge in [0.05, 0.1) is 12.3 Å². The molecule has 0 bridgehead atoms. The van der Waals surface area contributed by atoms with Crippen LogP contribution in [0.1, 0.15) is 26.0 Å². The first-order chi connectivity index (χ1) is 10.1. The van der Waals surface area contributed by atoms with Crippen LogP contribution in [0.2, 0.25) is 0 Å². The average Bonchev–Trinajstić information content (AvgIpc) is 2.42. The molecule has 2 aromatic heterocycles. The van der Waals surface area contributed by atoms with Gasteiger partial charge in [-0.25, -0.2) is 9.97 Å². The number of pyridine rings is 1. The van der Waals surface area contributed by atoms with Gasteiger partial charge in [0, 0.05) is 11.8 Å². The maximum atomic E-state index is 11.6. The third-order valence-electron chi connectivity index (χ3n) is 2.63. The van der Waals surface area contributed by atoms with E-state index in [-0.39, 0.29) is 5.56 Å². The number of nitrogens with two attached hydrogens (primary N) is 1. The fourth-order valence-corrected chi connectivity index (χ4v) is 2.54. The van der Waals surface area contributed by atoms with Crippen molar-refractivity contribution in [1.82, 2.24) is 15.0 Å². The van der Waals surface area contributed by atoms with Crippen LogP contribution in [0.4, 0.5) is 5.69 Å². The maximum Gasteiger partial charge on any atom is 0.251 e. The van der Waals surface area contributed by atoms with Crippen LogP contribution in [0.25, 0.3) is 0 Å². The molecule has 2 rings (SSSR count). The van der Waals surface area contributed by atoms with Crippen LogP contribution >= 0.6 is 11.8 Å². The predicted octanol–water partition coefficient (Wildman–Crippen LogP) is 2.25. The number of rotatable bonds is 6. The summed E-state index contributed by atoms with van der Waals surface area (Å²) in [7, 11) is 0. The highest BCUT2D eigenvalue weighted by molar-refractivity contribution is 7.99. The number of nitrogens with zero attached hydrogens (tertiary/aromatic N) is 2. The van der Waals surface area contributed by atoms with Crippen molar-refractivity contribution in [3.63, 3.8) is 0 Å². The van der Waals surface area contributed by atoms with Gasteiger partial charge in [0.1, 0.15) is 5.03 Å². The zero-order valence-corrected chi connectivity index (χ0v) is 12.9. The Hall–Kier alpha value is -2.02. The highest BCUT2D eigenvalue weighted by Crippen LogP contribution is 2.27. The first-order valence-electron chi connectivity index (χ1n) is 6.79. The Labute approximate surface area is 127 Å². The van der Waals surface area contributed by atoms with Crippen molar-refractivity contribution in [3.8, 4) is 5.88 Å². The standard InChI is InChI=1S/C14H18N4O2S/c1-3-5-9-8-11(19)17-14(16-9)21-12-7-6-10(15)13(18-12)20-4-2/h6-8H,3-5,15H2,1-2H3,(H,16,17,19). The van der Waals surface area contributed by atoms with E-state index in [9.17, 15) is 4.79 Å². The molecule has 3 N–H and O–H groups in total. The number of H-pyrrole nitrogens is 1. The zero-order chi connectivity index (χ0) is 15.2. The molecule has 2 heterocycles. The average molecular weight is 306 g/mol. The van der Waals surface area contributed by atoms with Gasteiger partial charge in [-0.2, -0.15) is 0 Å². The number of hydrogen-bond donors (Lipinski definition) is 2. The Morgan fingerprint density at radius 1 is 1.33 bits per heavy atom. The summed E-state index contributed by atoms with van der Waals surface area (Å²) in [6, 6.07) is 5.03. The van der Waals surface area contributed by atoms with Crippen LogP contribution in [0.15, 0.2) is 33.2 Å². The van der Waals surface area contributed by atoms with Gasteiger partial charge >= 0.3 is 0 Å². The molecule has 112 valence electrons. The van der Waals surface area contributed by atoms with Crippen molar-refractivity contribution in [1.29, 1.82) is 0 Å². The van der Waals surface area contributed by atoms with Crippen molar-refractivity contribution in [2.75, 3.05) is 12.3 Å². The maximum absolute atomic E-state index is 11.6. The number of aromatic nitrogens is 3. The molecular formula is C14H18N4O2S. The van der Waals surface area contributed by atoms with E-state index >= 15 is 0 Å². The zero-order valence-electron chi connectivity index (χ0n) is 12.0. The van der Waals surface area contributed by atoms with E-state index in [4.69, 9.17) is 10.5 Å². The fraction of sp³-hybridized carbons (Fsp3) is 0.357. The smallest absolute Gasteiger partial charge is 0.251 e. The molecule has 0 unspecified atom stereocenters. The topological polar surface area (TPSA) is 93.9 Å². The van der Waals surface area contributed by atoms with Gasteiger partial charge in [0.25, 0.3) is 5.56 Å². The summed E-state index contributed by atoms with van der Waals surface area (Å²) in [5.74, 6) is 0.398. The van der Waals surface area contributed by atoms with E-state index in [0.717, 1.165) is 18.5 Å². The third-order valence-corrected chi connectivity index (χ3v) is 3.45. The number of aryl methyl sites for hydroxylation is 1. The van der Waals surface area contributed by atoms with Gasteiger partial charge in [-0.15, -0.1) is 0 Å².